The van der Waals surface area contributed by atoms with Crippen LogP contribution in [0.3, 0.4) is 0 Å². The fraction of sp³-hybridized carbons (Fsp3) is 0.850. The van der Waals surface area contributed by atoms with Crippen molar-refractivity contribution in [2.75, 3.05) is 19.7 Å². The molecule has 1 saturated heterocycles. The third-order valence-corrected chi connectivity index (χ3v) is 4.94. The Balaban J connectivity index is 0.00000392. The van der Waals surface area contributed by atoms with E-state index in [4.69, 9.17) is 9.73 Å². The minimum absolute atomic E-state index is 0. The Morgan fingerprint density at radius 3 is 2.86 bits per heavy atom. The van der Waals surface area contributed by atoms with Crippen molar-refractivity contribution in [3.8, 4) is 0 Å². The molecule has 2 atom stereocenters. The molecular weight excluding hydrogens is 467 g/mol. The largest absolute Gasteiger partial charge is 0.376 e. The molecule has 0 radical (unpaired) electrons. The molecule has 2 N–H and O–H groups in total. The van der Waals surface area contributed by atoms with E-state index in [2.05, 4.69) is 53.1 Å². The van der Waals surface area contributed by atoms with Gasteiger partial charge >= 0.3 is 0 Å². The Kier molecular flexibility index (Phi) is 12.7. The molecule has 7 nitrogen and oxygen atoms in total. The second kappa shape index (κ2) is 14.1. The van der Waals surface area contributed by atoms with Crippen molar-refractivity contribution in [1.82, 2.24) is 25.4 Å². The van der Waals surface area contributed by atoms with Crippen molar-refractivity contribution in [2.24, 2.45) is 10.9 Å². The predicted molar refractivity (Wildman–Crippen MR) is 125 cm³/mol. The van der Waals surface area contributed by atoms with Crippen LogP contribution >= 0.6 is 24.0 Å². The quantitative estimate of drug-likeness (QED) is 0.274. The fourth-order valence-corrected chi connectivity index (χ4v) is 3.31. The summed E-state index contributed by atoms with van der Waals surface area (Å²) in [6.45, 7) is 12.1. The Morgan fingerprint density at radius 1 is 1.36 bits per heavy atom. The normalized spacial score (nSPS) is 18.2. The number of nitrogens with one attached hydrogen (secondary N) is 2. The first-order valence-corrected chi connectivity index (χ1v) is 10.6. The number of hydrogen-bond donors (Lipinski definition) is 2. The second-order valence-electron chi connectivity index (χ2n) is 7.92. The van der Waals surface area contributed by atoms with Crippen LogP contribution in [0.5, 0.6) is 0 Å². The molecule has 1 aromatic rings. The number of halogens is 1. The second-order valence-corrected chi connectivity index (χ2v) is 7.92. The maximum atomic E-state index is 5.71. The van der Waals surface area contributed by atoms with Crippen molar-refractivity contribution in [2.45, 2.75) is 84.9 Å². The molecule has 1 fully saturated rings. The monoisotopic (exact) mass is 506 g/mol. The lowest BCUT2D eigenvalue weighted by atomic mass is 10.0. The zero-order valence-corrected chi connectivity index (χ0v) is 20.3. The highest BCUT2D eigenvalue weighted by Crippen LogP contribution is 2.12. The number of nitrogens with zero attached hydrogens (tertiary/aromatic N) is 4. The van der Waals surface area contributed by atoms with E-state index in [-0.39, 0.29) is 30.1 Å². The van der Waals surface area contributed by atoms with E-state index in [1.165, 1.54) is 12.8 Å². The van der Waals surface area contributed by atoms with Gasteiger partial charge in [-0.25, -0.2) is 0 Å². The van der Waals surface area contributed by atoms with E-state index in [1.54, 1.807) is 6.33 Å². The van der Waals surface area contributed by atoms with Gasteiger partial charge in [0.1, 0.15) is 12.2 Å². The van der Waals surface area contributed by atoms with E-state index in [0.717, 1.165) is 69.6 Å². The lowest BCUT2D eigenvalue weighted by molar-refractivity contribution is 0.117. The van der Waals surface area contributed by atoms with Crippen LogP contribution in [0, 0.1) is 5.92 Å². The average Bonchev–Trinajstić information content (AvgIpc) is 3.30. The van der Waals surface area contributed by atoms with Crippen molar-refractivity contribution < 1.29 is 4.74 Å². The Labute approximate surface area is 187 Å². The van der Waals surface area contributed by atoms with Crippen LogP contribution in [0.1, 0.15) is 65.6 Å². The summed E-state index contributed by atoms with van der Waals surface area (Å²) in [6.07, 6.45) is 8.89. The molecule has 8 heteroatoms. The minimum Gasteiger partial charge on any atom is -0.376 e. The molecule has 0 bridgehead atoms. The highest BCUT2D eigenvalue weighted by molar-refractivity contribution is 14.0. The third-order valence-electron chi connectivity index (χ3n) is 4.94. The van der Waals surface area contributed by atoms with Crippen molar-refractivity contribution in [3.63, 3.8) is 0 Å². The van der Waals surface area contributed by atoms with Gasteiger partial charge in [-0.2, -0.15) is 0 Å². The molecule has 1 aliphatic rings. The van der Waals surface area contributed by atoms with Crippen LogP contribution in [0.15, 0.2) is 11.3 Å². The number of ether oxygens (including phenoxy) is 1. The Hall–Kier alpha value is -0.900. The van der Waals surface area contributed by atoms with Gasteiger partial charge in [-0.05, 0) is 32.1 Å². The highest BCUT2D eigenvalue weighted by Gasteiger charge is 2.15. The highest BCUT2D eigenvalue weighted by atomic mass is 127. The summed E-state index contributed by atoms with van der Waals surface area (Å²) in [5.41, 5.74) is 0. The molecule has 162 valence electrons. The van der Waals surface area contributed by atoms with Crippen LogP contribution in [0.25, 0.3) is 0 Å². The lowest BCUT2D eigenvalue weighted by Gasteiger charge is -2.19. The molecule has 0 aromatic carbocycles. The summed E-state index contributed by atoms with van der Waals surface area (Å²) in [7, 11) is 0. The predicted octanol–water partition coefficient (Wildman–Crippen LogP) is 3.39. The first kappa shape index (κ1) is 25.1. The van der Waals surface area contributed by atoms with Gasteiger partial charge in [-0.3, -0.25) is 4.99 Å². The van der Waals surface area contributed by atoms with Gasteiger partial charge in [-0.1, -0.05) is 33.6 Å². The first-order chi connectivity index (χ1) is 13.1. The summed E-state index contributed by atoms with van der Waals surface area (Å²) in [5, 5.41) is 15.2. The Morgan fingerprint density at radius 2 is 2.18 bits per heavy atom. The molecular formula is C20H39IN6O. The van der Waals surface area contributed by atoms with Crippen LogP contribution < -0.4 is 10.6 Å². The van der Waals surface area contributed by atoms with E-state index in [1.807, 2.05) is 0 Å². The third kappa shape index (κ3) is 9.54. The number of guanidine groups is 1. The Bertz CT molecular complexity index is 557. The SMILES string of the molecule is CCc1nncn1CCNC(=NCC1CCCO1)NC(C)CCCC(C)C.I. The zero-order valence-electron chi connectivity index (χ0n) is 18.0. The van der Waals surface area contributed by atoms with Gasteiger partial charge in [-0.15, -0.1) is 34.2 Å². The average molecular weight is 506 g/mol. The van der Waals surface area contributed by atoms with Crippen LogP contribution in [0.4, 0.5) is 0 Å². The van der Waals surface area contributed by atoms with Gasteiger partial charge in [0, 0.05) is 32.2 Å². The number of rotatable bonds is 11. The summed E-state index contributed by atoms with van der Waals surface area (Å²) in [4.78, 5) is 4.78. The smallest absolute Gasteiger partial charge is 0.191 e. The number of aryl methyl sites for hydroxylation is 1. The van der Waals surface area contributed by atoms with Crippen molar-refractivity contribution in [1.29, 1.82) is 0 Å². The maximum Gasteiger partial charge on any atom is 0.191 e. The molecule has 2 heterocycles. The van der Waals surface area contributed by atoms with Gasteiger partial charge < -0.3 is 19.9 Å². The van der Waals surface area contributed by atoms with Gasteiger partial charge in [0.25, 0.3) is 0 Å². The van der Waals surface area contributed by atoms with E-state index in [0.29, 0.717) is 6.04 Å². The lowest BCUT2D eigenvalue weighted by Crippen LogP contribution is -2.43. The molecule has 28 heavy (non-hydrogen) atoms. The van der Waals surface area contributed by atoms with E-state index >= 15 is 0 Å². The summed E-state index contributed by atoms with van der Waals surface area (Å²) >= 11 is 0. The topological polar surface area (TPSA) is 76.4 Å². The summed E-state index contributed by atoms with van der Waals surface area (Å²) in [5.74, 6) is 2.66. The van der Waals surface area contributed by atoms with Gasteiger partial charge in [0.15, 0.2) is 5.96 Å². The zero-order chi connectivity index (χ0) is 19.5. The molecule has 0 spiro atoms. The number of hydrogen-bond acceptors (Lipinski definition) is 4. The molecule has 2 rings (SSSR count). The van der Waals surface area contributed by atoms with Crippen molar-refractivity contribution >= 4 is 29.9 Å². The molecule has 0 amide bonds. The molecule has 2 unspecified atom stereocenters. The van der Waals surface area contributed by atoms with Crippen LogP contribution in [-0.4, -0.2) is 52.6 Å². The molecule has 0 aliphatic carbocycles. The first-order valence-electron chi connectivity index (χ1n) is 10.6. The van der Waals surface area contributed by atoms with Crippen LogP contribution in [-0.2, 0) is 17.7 Å². The molecule has 0 saturated carbocycles. The van der Waals surface area contributed by atoms with Crippen molar-refractivity contribution in [3.05, 3.63) is 12.2 Å². The molecule has 1 aliphatic heterocycles. The van der Waals surface area contributed by atoms with Gasteiger partial charge in [0.2, 0.25) is 0 Å². The number of aliphatic imine (C=N–C) groups is 1. The van der Waals surface area contributed by atoms with Crippen LogP contribution in [0.2, 0.25) is 0 Å². The summed E-state index contributed by atoms with van der Waals surface area (Å²) < 4.78 is 7.80. The standard InChI is InChI=1S/C20H38N6O.HI/c1-5-19-25-23-15-26(19)12-11-21-20(22-14-18-10-7-13-27-18)24-17(4)9-6-8-16(2)3;/h15-18H,5-14H2,1-4H3,(H2,21,22,24);1H. The maximum absolute atomic E-state index is 5.71. The minimum atomic E-state index is 0. The van der Waals surface area contributed by atoms with E-state index in [9.17, 15) is 0 Å². The summed E-state index contributed by atoms with van der Waals surface area (Å²) in [6, 6.07) is 0.403. The fourth-order valence-electron chi connectivity index (χ4n) is 3.31. The van der Waals surface area contributed by atoms with Gasteiger partial charge in [0.05, 0.1) is 12.6 Å². The molecule has 1 aromatic heterocycles. The number of aromatic nitrogens is 3. The van der Waals surface area contributed by atoms with E-state index < -0.39 is 0 Å².